The topological polar surface area (TPSA) is 86.5 Å². The summed E-state index contributed by atoms with van der Waals surface area (Å²) in [4.78, 5) is 19.2. The molecule has 0 saturated carbocycles. The lowest BCUT2D eigenvalue weighted by Gasteiger charge is -2.08. The summed E-state index contributed by atoms with van der Waals surface area (Å²) in [6.07, 6.45) is 1.52. The quantitative estimate of drug-likeness (QED) is 0.796. The standard InChI is InChI=1S/C15H13N3O4/c1-18-10(14(19)20)8-9-4-3-5-11(13(9)18)22-12-6-7-16-15(17-12)21-2/h3-8H,1-2H3,(H,19,20). The summed E-state index contributed by atoms with van der Waals surface area (Å²) in [6, 6.07) is 8.77. The van der Waals surface area contributed by atoms with E-state index in [0.29, 0.717) is 17.1 Å². The van der Waals surface area contributed by atoms with Crippen LogP contribution < -0.4 is 9.47 Å². The fourth-order valence-electron chi connectivity index (χ4n) is 2.26. The molecule has 0 radical (unpaired) electrons. The lowest BCUT2D eigenvalue weighted by atomic mass is 10.2. The molecule has 0 aliphatic carbocycles. The average Bonchev–Trinajstić information content (AvgIpc) is 2.86. The molecule has 22 heavy (non-hydrogen) atoms. The minimum absolute atomic E-state index is 0.186. The molecule has 2 heterocycles. The van der Waals surface area contributed by atoms with Gasteiger partial charge in [0.05, 0.1) is 12.6 Å². The molecule has 7 nitrogen and oxygen atoms in total. The predicted octanol–water partition coefficient (Wildman–Crippen LogP) is 2.47. The molecule has 0 aliphatic heterocycles. The van der Waals surface area contributed by atoms with E-state index in [-0.39, 0.29) is 11.7 Å². The lowest BCUT2D eigenvalue weighted by molar-refractivity contribution is 0.0687. The Balaban J connectivity index is 2.08. The van der Waals surface area contributed by atoms with Gasteiger partial charge in [-0.05, 0) is 12.1 Å². The average molecular weight is 299 g/mol. The maximum Gasteiger partial charge on any atom is 0.352 e. The number of para-hydroxylation sites is 1. The third-order valence-electron chi connectivity index (χ3n) is 3.24. The zero-order chi connectivity index (χ0) is 15.7. The van der Waals surface area contributed by atoms with E-state index < -0.39 is 5.97 Å². The molecule has 0 unspecified atom stereocenters. The second-order valence-corrected chi connectivity index (χ2v) is 4.57. The number of benzene rings is 1. The smallest absolute Gasteiger partial charge is 0.352 e. The van der Waals surface area contributed by atoms with Crippen molar-refractivity contribution in [2.75, 3.05) is 7.11 Å². The maximum absolute atomic E-state index is 11.2. The van der Waals surface area contributed by atoms with Crippen LogP contribution in [0.3, 0.4) is 0 Å². The van der Waals surface area contributed by atoms with Gasteiger partial charge in [0.2, 0.25) is 5.88 Å². The number of hydrogen-bond acceptors (Lipinski definition) is 5. The highest BCUT2D eigenvalue weighted by Gasteiger charge is 2.16. The van der Waals surface area contributed by atoms with E-state index in [1.807, 2.05) is 6.07 Å². The van der Waals surface area contributed by atoms with Crippen LogP contribution in [0.5, 0.6) is 17.6 Å². The van der Waals surface area contributed by atoms with Crippen molar-refractivity contribution in [2.45, 2.75) is 0 Å². The summed E-state index contributed by atoms with van der Waals surface area (Å²) in [7, 11) is 3.15. The van der Waals surface area contributed by atoms with E-state index in [0.717, 1.165) is 5.39 Å². The molecule has 0 spiro atoms. The maximum atomic E-state index is 11.2. The van der Waals surface area contributed by atoms with Crippen LogP contribution in [0.15, 0.2) is 36.5 Å². The fraction of sp³-hybridized carbons (Fsp3) is 0.133. The Bertz CT molecular complexity index is 857. The van der Waals surface area contributed by atoms with E-state index in [2.05, 4.69) is 9.97 Å². The van der Waals surface area contributed by atoms with Crippen LogP contribution in [0, 0.1) is 0 Å². The van der Waals surface area contributed by atoms with E-state index in [9.17, 15) is 9.90 Å². The number of methoxy groups -OCH3 is 1. The Labute approximate surface area is 125 Å². The van der Waals surface area contributed by atoms with Crippen LogP contribution in [0.1, 0.15) is 10.5 Å². The molecule has 3 aromatic rings. The minimum Gasteiger partial charge on any atom is -0.477 e. The number of nitrogens with zero attached hydrogens (tertiary/aromatic N) is 3. The lowest BCUT2D eigenvalue weighted by Crippen LogP contribution is -2.04. The first-order chi connectivity index (χ1) is 10.6. The Morgan fingerprint density at radius 2 is 2.14 bits per heavy atom. The number of rotatable bonds is 4. The van der Waals surface area contributed by atoms with E-state index in [1.54, 1.807) is 35.9 Å². The van der Waals surface area contributed by atoms with Crippen molar-refractivity contribution in [3.63, 3.8) is 0 Å². The summed E-state index contributed by atoms with van der Waals surface area (Å²) in [5.41, 5.74) is 0.865. The Morgan fingerprint density at radius 1 is 1.32 bits per heavy atom. The minimum atomic E-state index is -0.992. The summed E-state index contributed by atoms with van der Waals surface area (Å²) in [5, 5.41) is 9.99. The fourth-order valence-corrected chi connectivity index (χ4v) is 2.26. The number of hydrogen-bond donors (Lipinski definition) is 1. The van der Waals surface area contributed by atoms with Gasteiger partial charge in [-0.2, -0.15) is 4.98 Å². The molecule has 0 fully saturated rings. The molecule has 0 aliphatic rings. The Morgan fingerprint density at radius 3 is 2.86 bits per heavy atom. The molecule has 1 aromatic carbocycles. The number of ether oxygens (including phenoxy) is 2. The second-order valence-electron chi connectivity index (χ2n) is 4.57. The van der Waals surface area contributed by atoms with Gasteiger partial charge in [-0.1, -0.05) is 12.1 Å². The van der Waals surface area contributed by atoms with Crippen molar-refractivity contribution < 1.29 is 19.4 Å². The van der Waals surface area contributed by atoms with Crippen molar-refractivity contribution in [3.05, 3.63) is 42.2 Å². The molecule has 3 rings (SSSR count). The summed E-state index contributed by atoms with van der Waals surface area (Å²) in [5.74, 6) is -0.168. The van der Waals surface area contributed by atoms with E-state index in [4.69, 9.17) is 9.47 Å². The number of carboxylic acids is 1. The highest BCUT2D eigenvalue weighted by atomic mass is 16.5. The summed E-state index contributed by atoms with van der Waals surface area (Å²) >= 11 is 0. The van der Waals surface area contributed by atoms with Crippen LogP contribution in [-0.4, -0.2) is 32.7 Å². The van der Waals surface area contributed by atoms with Crippen LogP contribution in [0.25, 0.3) is 10.9 Å². The highest BCUT2D eigenvalue weighted by molar-refractivity contribution is 5.96. The molecule has 112 valence electrons. The number of aromatic carboxylic acids is 1. The van der Waals surface area contributed by atoms with E-state index >= 15 is 0 Å². The molecular formula is C15H13N3O4. The molecule has 0 saturated heterocycles. The largest absolute Gasteiger partial charge is 0.477 e. The van der Waals surface area contributed by atoms with Gasteiger partial charge < -0.3 is 19.1 Å². The second kappa shape index (κ2) is 5.36. The van der Waals surface area contributed by atoms with Gasteiger partial charge in [0.1, 0.15) is 5.69 Å². The molecule has 1 N–H and O–H groups in total. The number of carbonyl (C=O) groups is 1. The molecule has 0 bridgehead atoms. The van der Waals surface area contributed by atoms with Crippen LogP contribution in [0.4, 0.5) is 0 Å². The zero-order valence-corrected chi connectivity index (χ0v) is 12.0. The first-order valence-corrected chi connectivity index (χ1v) is 6.47. The third kappa shape index (κ3) is 2.32. The van der Waals surface area contributed by atoms with Crippen molar-refractivity contribution >= 4 is 16.9 Å². The highest BCUT2D eigenvalue weighted by Crippen LogP contribution is 2.31. The normalized spacial score (nSPS) is 10.6. The van der Waals surface area contributed by atoms with Crippen molar-refractivity contribution in [3.8, 4) is 17.6 Å². The zero-order valence-electron chi connectivity index (χ0n) is 12.0. The van der Waals surface area contributed by atoms with Gasteiger partial charge in [0, 0.05) is 24.7 Å². The molecular weight excluding hydrogens is 286 g/mol. The van der Waals surface area contributed by atoms with Gasteiger partial charge in [0.25, 0.3) is 0 Å². The summed E-state index contributed by atoms with van der Waals surface area (Å²) in [6.45, 7) is 0. The molecule has 0 amide bonds. The molecule has 2 aromatic heterocycles. The van der Waals surface area contributed by atoms with Crippen molar-refractivity contribution in [1.82, 2.24) is 14.5 Å². The first kappa shape index (κ1) is 13.9. The Kier molecular flexibility index (Phi) is 3.38. The van der Waals surface area contributed by atoms with Crippen molar-refractivity contribution in [2.24, 2.45) is 7.05 Å². The predicted molar refractivity (Wildman–Crippen MR) is 78.5 cm³/mol. The van der Waals surface area contributed by atoms with Gasteiger partial charge in [0.15, 0.2) is 5.75 Å². The van der Waals surface area contributed by atoms with Crippen LogP contribution in [0.2, 0.25) is 0 Å². The third-order valence-corrected chi connectivity index (χ3v) is 3.24. The number of fused-ring (bicyclic) bond motifs is 1. The van der Waals surface area contributed by atoms with Crippen molar-refractivity contribution in [1.29, 1.82) is 0 Å². The SMILES string of the molecule is COc1nccc(Oc2cccc3cc(C(=O)O)n(C)c23)n1. The Hall–Kier alpha value is -3.09. The summed E-state index contributed by atoms with van der Waals surface area (Å²) < 4.78 is 12.3. The number of aromatic nitrogens is 3. The van der Waals surface area contributed by atoms with E-state index in [1.165, 1.54) is 13.3 Å². The van der Waals surface area contributed by atoms with Gasteiger partial charge in [-0.3, -0.25) is 0 Å². The monoisotopic (exact) mass is 299 g/mol. The first-order valence-electron chi connectivity index (χ1n) is 6.47. The number of aryl methyl sites for hydroxylation is 1. The van der Waals surface area contributed by atoms with Gasteiger partial charge in [-0.25, -0.2) is 9.78 Å². The molecule has 0 atom stereocenters. The molecule has 7 heteroatoms. The number of carboxylic acid groups (broad SMARTS) is 1. The van der Waals surface area contributed by atoms with Crippen LogP contribution in [-0.2, 0) is 7.05 Å². The van der Waals surface area contributed by atoms with Gasteiger partial charge >= 0.3 is 12.0 Å². The van der Waals surface area contributed by atoms with Gasteiger partial charge in [-0.15, -0.1) is 0 Å². The van der Waals surface area contributed by atoms with Crippen LogP contribution >= 0.6 is 0 Å².